The Morgan fingerprint density at radius 1 is 1.05 bits per heavy atom. The molecular formula is C33H44N4O4S. The zero-order valence-corrected chi connectivity index (χ0v) is 26.7. The Morgan fingerprint density at radius 2 is 1.74 bits per heavy atom. The molecule has 3 rings (SSSR count). The Balaban J connectivity index is 1.77. The van der Waals surface area contributed by atoms with Gasteiger partial charge in [0.05, 0.1) is 18.7 Å². The lowest BCUT2D eigenvalue weighted by Crippen LogP contribution is -2.33. The van der Waals surface area contributed by atoms with E-state index in [1.54, 1.807) is 6.07 Å². The molecule has 1 unspecified atom stereocenters. The Hall–Kier alpha value is -3.46. The zero-order chi connectivity index (χ0) is 30.9. The summed E-state index contributed by atoms with van der Waals surface area (Å²) >= 11 is 1.19. The van der Waals surface area contributed by atoms with Gasteiger partial charge < -0.3 is 10.1 Å². The molecule has 1 aromatic heterocycles. The number of aromatic nitrogens is 3. The first-order valence-corrected chi connectivity index (χ1v) is 15.6. The third-order valence-corrected chi connectivity index (χ3v) is 7.42. The number of rotatable bonds is 13. The van der Waals surface area contributed by atoms with Crippen molar-refractivity contribution < 1.29 is 19.1 Å². The molecule has 0 radical (unpaired) electrons. The molecule has 0 aliphatic carbocycles. The van der Waals surface area contributed by atoms with Crippen LogP contribution in [0.1, 0.15) is 88.9 Å². The van der Waals surface area contributed by atoms with E-state index in [1.165, 1.54) is 18.7 Å². The minimum Gasteiger partial charge on any atom is -0.456 e. The molecule has 0 bridgehead atoms. The van der Waals surface area contributed by atoms with E-state index < -0.39 is 5.60 Å². The molecule has 0 saturated carbocycles. The number of carbonyl (C=O) groups excluding carboxylic acids is 3. The number of aryl methyl sites for hydroxylation is 1. The van der Waals surface area contributed by atoms with E-state index >= 15 is 0 Å². The van der Waals surface area contributed by atoms with Crippen molar-refractivity contribution in [2.75, 3.05) is 5.75 Å². The quantitative estimate of drug-likeness (QED) is 0.227. The molecule has 3 aromatic rings. The highest BCUT2D eigenvalue weighted by atomic mass is 32.2. The van der Waals surface area contributed by atoms with Crippen LogP contribution in [-0.2, 0) is 33.8 Å². The fourth-order valence-electron chi connectivity index (χ4n) is 4.57. The topological polar surface area (TPSA) is 103 Å². The van der Waals surface area contributed by atoms with Crippen molar-refractivity contribution in [2.24, 2.45) is 11.8 Å². The number of amides is 1. The van der Waals surface area contributed by atoms with Gasteiger partial charge in [0.2, 0.25) is 5.91 Å². The van der Waals surface area contributed by atoms with Crippen LogP contribution < -0.4 is 5.32 Å². The maximum absolute atomic E-state index is 13.1. The summed E-state index contributed by atoms with van der Waals surface area (Å²) < 4.78 is 7.46. The van der Waals surface area contributed by atoms with Gasteiger partial charge >= 0.3 is 5.97 Å². The highest BCUT2D eigenvalue weighted by Crippen LogP contribution is 2.26. The Kier molecular flexibility index (Phi) is 11.9. The van der Waals surface area contributed by atoms with Crippen LogP contribution in [0.3, 0.4) is 0 Å². The first-order valence-electron chi connectivity index (χ1n) is 14.6. The number of nitrogens with one attached hydrogen (secondary N) is 1. The lowest BCUT2D eigenvalue weighted by molar-refractivity contribution is -0.125. The van der Waals surface area contributed by atoms with Crippen LogP contribution in [0.4, 0.5) is 0 Å². The van der Waals surface area contributed by atoms with Crippen LogP contribution in [0.25, 0.3) is 11.1 Å². The summed E-state index contributed by atoms with van der Waals surface area (Å²) in [6, 6.07) is 15.5. The number of ether oxygens (including phenoxy) is 1. The molecule has 1 heterocycles. The Bertz CT molecular complexity index is 1360. The van der Waals surface area contributed by atoms with Crippen molar-refractivity contribution >= 4 is 28.8 Å². The van der Waals surface area contributed by atoms with Gasteiger partial charge in [0.25, 0.3) is 0 Å². The minimum absolute atomic E-state index is 0.0138. The number of hydrogen-bond acceptors (Lipinski definition) is 7. The van der Waals surface area contributed by atoms with E-state index in [0.29, 0.717) is 36.0 Å². The van der Waals surface area contributed by atoms with Crippen molar-refractivity contribution in [3.63, 3.8) is 0 Å². The second-order valence-electron chi connectivity index (χ2n) is 11.9. The molecule has 0 spiro atoms. The number of hydrogen-bond donors (Lipinski definition) is 1. The average molecular weight is 593 g/mol. The average Bonchev–Trinajstić information content (AvgIpc) is 3.29. The van der Waals surface area contributed by atoms with Gasteiger partial charge in [-0.25, -0.2) is 14.5 Å². The van der Waals surface area contributed by atoms with Gasteiger partial charge in [-0.2, -0.15) is 5.10 Å². The third-order valence-electron chi connectivity index (χ3n) is 6.44. The van der Waals surface area contributed by atoms with Gasteiger partial charge in [-0.3, -0.25) is 9.59 Å². The Morgan fingerprint density at radius 3 is 2.36 bits per heavy atom. The fraction of sp³-hybridized carbons (Fsp3) is 0.485. The number of nitrogens with zero attached hydrogens (tertiary/aromatic N) is 3. The normalized spacial score (nSPS) is 12.3. The molecule has 0 aliphatic heterocycles. The molecule has 2 aromatic carbocycles. The van der Waals surface area contributed by atoms with Crippen LogP contribution >= 0.6 is 11.8 Å². The Labute approximate surface area is 254 Å². The van der Waals surface area contributed by atoms with Crippen LogP contribution in [-0.4, -0.2) is 43.1 Å². The molecule has 9 heteroatoms. The third kappa shape index (κ3) is 10.1. The largest absolute Gasteiger partial charge is 0.456 e. The van der Waals surface area contributed by atoms with E-state index in [9.17, 15) is 14.4 Å². The summed E-state index contributed by atoms with van der Waals surface area (Å²) in [6.45, 7) is 14.1. The fourth-order valence-corrected chi connectivity index (χ4v) is 5.29. The summed E-state index contributed by atoms with van der Waals surface area (Å²) in [5.41, 5.74) is 2.69. The predicted octanol–water partition coefficient (Wildman–Crippen LogP) is 6.46. The number of esters is 1. The lowest BCUT2D eigenvalue weighted by Gasteiger charge is -2.20. The number of carbonyl (C=O) groups is 3. The summed E-state index contributed by atoms with van der Waals surface area (Å²) in [6.07, 6.45) is 2.38. The highest BCUT2D eigenvalue weighted by Gasteiger charge is 2.23. The molecule has 1 amide bonds. The predicted molar refractivity (Wildman–Crippen MR) is 168 cm³/mol. The molecule has 1 atom stereocenters. The summed E-state index contributed by atoms with van der Waals surface area (Å²) in [7, 11) is 0. The van der Waals surface area contributed by atoms with Crippen molar-refractivity contribution in [3.05, 3.63) is 71.3 Å². The van der Waals surface area contributed by atoms with Gasteiger partial charge in [0, 0.05) is 25.0 Å². The SMILES string of the molecule is CCCc1nc(CNC(=O)C(CSC(C)=O)CC(C)C)n(Cc2ccc(-c3ccccc3C(=O)OC(C)(C)C)cc2)n1. The van der Waals surface area contributed by atoms with Crippen molar-refractivity contribution in [1.82, 2.24) is 20.1 Å². The van der Waals surface area contributed by atoms with E-state index in [0.717, 1.165) is 35.4 Å². The summed E-state index contributed by atoms with van der Waals surface area (Å²) in [4.78, 5) is 42.1. The molecule has 226 valence electrons. The maximum Gasteiger partial charge on any atom is 0.339 e. The second kappa shape index (κ2) is 15.1. The van der Waals surface area contributed by atoms with Gasteiger partial charge in [0.1, 0.15) is 11.4 Å². The molecule has 1 N–H and O–H groups in total. The van der Waals surface area contributed by atoms with E-state index in [1.807, 2.05) is 67.9 Å². The molecule has 8 nitrogen and oxygen atoms in total. The minimum atomic E-state index is -0.581. The first kappa shape index (κ1) is 33.0. The standard InChI is InChI=1S/C33H44N4O4S/c1-8-11-29-35-30(19-34-31(39)26(18-22(2)3)21-42-23(4)38)37(36-29)20-24-14-16-25(17-15-24)27-12-9-10-13-28(27)32(40)41-33(5,6)7/h9-10,12-17,22,26H,8,11,18-21H2,1-7H3,(H,34,39). The van der Waals surface area contributed by atoms with Crippen LogP contribution in [0.2, 0.25) is 0 Å². The molecular weight excluding hydrogens is 548 g/mol. The molecule has 0 aliphatic rings. The maximum atomic E-state index is 13.1. The lowest BCUT2D eigenvalue weighted by atomic mass is 9.98. The number of thioether (sulfide) groups is 1. The smallest absolute Gasteiger partial charge is 0.339 e. The van der Waals surface area contributed by atoms with E-state index in [2.05, 4.69) is 26.1 Å². The molecule has 0 fully saturated rings. The first-order chi connectivity index (χ1) is 19.9. The van der Waals surface area contributed by atoms with Crippen molar-refractivity contribution in [2.45, 2.75) is 86.4 Å². The summed E-state index contributed by atoms with van der Waals surface area (Å²) in [5, 5.41) is 7.78. The van der Waals surface area contributed by atoms with Crippen LogP contribution in [0.15, 0.2) is 48.5 Å². The van der Waals surface area contributed by atoms with E-state index in [4.69, 9.17) is 14.8 Å². The monoisotopic (exact) mass is 592 g/mol. The van der Waals surface area contributed by atoms with E-state index in [-0.39, 0.29) is 29.5 Å². The number of benzene rings is 2. The zero-order valence-electron chi connectivity index (χ0n) is 25.9. The van der Waals surface area contributed by atoms with Gasteiger partial charge in [0.15, 0.2) is 10.9 Å². The van der Waals surface area contributed by atoms with Gasteiger partial charge in [-0.15, -0.1) is 0 Å². The second-order valence-corrected chi connectivity index (χ2v) is 13.1. The van der Waals surface area contributed by atoms with Crippen LogP contribution in [0.5, 0.6) is 0 Å². The van der Waals surface area contributed by atoms with Crippen LogP contribution in [0, 0.1) is 11.8 Å². The summed E-state index contributed by atoms with van der Waals surface area (Å²) in [5.74, 6) is 1.57. The van der Waals surface area contributed by atoms with Gasteiger partial charge in [-0.05, 0) is 62.3 Å². The highest BCUT2D eigenvalue weighted by molar-refractivity contribution is 8.13. The van der Waals surface area contributed by atoms with Gasteiger partial charge in [-0.1, -0.05) is 75.0 Å². The van der Waals surface area contributed by atoms with Crippen molar-refractivity contribution in [3.8, 4) is 11.1 Å². The molecule has 0 saturated heterocycles. The molecule has 42 heavy (non-hydrogen) atoms. The van der Waals surface area contributed by atoms with Crippen molar-refractivity contribution in [1.29, 1.82) is 0 Å².